The first-order valence-corrected chi connectivity index (χ1v) is 3.23. The number of nitrogens with one attached hydrogen (secondary N) is 1. The molecule has 0 aromatic carbocycles. The Morgan fingerprint density at radius 1 is 1.40 bits per heavy atom. The van der Waals surface area contributed by atoms with Crippen molar-refractivity contribution >= 4 is 0 Å². The number of hydrogen-bond donors (Lipinski definition) is 2. The molecule has 0 aliphatic rings. The smallest absolute Gasteiger partial charge is 0.253 e. The molecule has 0 rings (SSSR count). The molecule has 0 spiro atoms. The molecule has 0 radical (unpaired) electrons. The summed E-state index contributed by atoms with van der Waals surface area (Å²) in [7, 11) is 0. The third kappa shape index (κ3) is 4.64. The second-order valence-electron chi connectivity index (χ2n) is 2.38. The first-order valence-electron chi connectivity index (χ1n) is 3.23. The molecule has 0 aliphatic carbocycles. The molecule has 0 amide bonds. The summed E-state index contributed by atoms with van der Waals surface area (Å²) in [5.41, 5.74) is 0. The van der Waals surface area contributed by atoms with Gasteiger partial charge in [-0.05, 0) is 13.8 Å². The van der Waals surface area contributed by atoms with E-state index < -0.39 is 18.6 Å². The molecule has 62 valence electrons. The number of alkyl halides is 2. The Balaban J connectivity index is 3.30. The fraction of sp³-hybridized carbons (Fsp3) is 1.00. The summed E-state index contributed by atoms with van der Waals surface area (Å²) in [5, 5.41) is 11.2. The lowest BCUT2D eigenvalue weighted by molar-refractivity contribution is 0.0959. The van der Waals surface area contributed by atoms with E-state index in [1.807, 2.05) is 0 Å². The van der Waals surface area contributed by atoms with E-state index in [2.05, 4.69) is 5.32 Å². The van der Waals surface area contributed by atoms with Gasteiger partial charge in [-0.2, -0.15) is 0 Å². The first kappa shape index (κ1) is 9.78. The van der Waals surface area contributed by atoms with Crippen molar-refractivity contribution in [1.29, 1.82) is 0 Å². The van der Waals surface area contributed by atoms with Gasteiger partial charge in [0.1, 0.15) is 0 Å². The molecule has 0 aliphatic heterocycles. The Morgan fingerprint density at radius 2 is 1.90 bits per heavy atom. The van der Waals surface area contributed by atoms with Crippen LogP contribution in [-0.2, 0) is 0 Å². The van der Waals surface area contributed by atoms with Gasteiger partial charge in [-0.1, -0.05) is 0 Å². The van der Waals surface area contributed by atoms with Gasteiger partial charge in [0.25, 0.3) is 6.43 Å². The molecular formula is C6H13F2NO. The zero-order valence-electron chi connectivity index (χ0n) is 6.14. The van der Waals surface area contributed by atoms with Crippen molar-refractivity contribution in [1.82, 2.24) is 5.32 Å². The van der Waals surface area contributed by atoms with E-state index >= 15 is 0 Å². The van der Waals surface area contributed by atoms with Crippen LogP contribution in [0.5, 0.6) is 0 Å². The van der Waals surface area contributed by atoms with Gasteiger partial charge in [-0.15, -0.1) is 0 Å². The van der Waals surface area contributed by atoms with Gasteiger partial charge in [0, 0.05) is 6.54 Å². The highest BCUT2D eigenvalue weighted by Gasteiger charge is 2.13. The molecule has 0 aromatic heterocycles. The van der Waals surface area contributed by atoms with Crippen LogP contribution in [0, 0.1) is 0 Å². The number of aliphatic hydroxyl groups is 1. The normalized spacial score (nSPS) is 17.4. The zero-order chi connectivity index (χ0) is 8.15. The predicted molar refractivity (Wildman–Crippen MR) is 35.1 cm³/mol. The van der Waals surface area contributed by atoms with Gasteiger partial charge in [0.05, 0.1) is 12.1 Å². The van der Waals surface area contributed by atoms with E-state index in [4.69, 9.17) is 5.11 Å². The maximum Gasteiger partial charge on any atom is 0.253 e. The summed E-state index contributed by atoms with van der Waals surface area (Å²) < 4.78 is 23.5. The minimum absolute atomic E-state index is 0.214. The molecule has 0 fully saturated rings. The summed E-state index contributed by atoms with van der Waals surface area (Å²) in [5.74, 6) is 0. The Kier molecular flexibility index (Phi) is 4.47. The Labute approximate surface area is 59.2 Å². The third-order valence-corrected chi connectivity index (χ3v) is 1.11. The molecule has 2 unspecified atom stereocenters. The highest BCUT2D eigenvalue weighted by atomic mass is 19.3. The van der Waals surface area contributed by atoms with Crippen LogP contribution in [0.2, 0.25) is 0 Å². The monoisotopic (exact) mass is 153 g/mol. The lowest BCUT2D eigenvalue weighted by Gasteiger charge is -2.13. The van der Waals surface area contributed by atoms with Gasteiger partial charge in [0.2, 0.25) is 0 Å². The first-order chi connectivity index (χ1) is 4.54. The number of aliphatic hydroxyl groups excluding tert-OH is 1. The largest absolute Gasteiger partial charge is 0.392 e. The maximum atomic E-state index is 11.7. The fourth-order valence-electron chi connectivity index (χ4n) is 0.446. The average Bonchev–Trinajstić information content (AvgIpc) is 1.82. The lowest BCUT2D eigenvalue weighted by Crippen LogP contribution is -2.37. The zero-order valence-corrected chi connectivity index (χ0v) is 6.14. The molecule has 0 bridgehead atoms. The molecule has 0 heterocycles. The Bertz CT molecular complexity index is 87.8. The van der Waals surface area contributed by atoms with E-state index in [0.717, 1.165) is 0 Å². The molecule has 2 N–H and O–H groups in total. The van der Waals surface area contributed by atoms with Crippen molar-refractivity contribution in [3.63, 3.8) is 0 Å². The quantitative estimate of drug-likeness (QED) is 0.620. The van der Waals surface area contributed by atoms with Crippen molar-refractivity contribution in [3.8, 4) is 0 Å². The Hall–Kier alpha value is -0.220. The van der Waals surface area contributed by atoms with E-state index in [1.165, 1.54) is 6.92 Å². The van der Waals surface area contributed by atoms with Crippen LogP contribution >= 0.6 is 0 Å². The molecule has 0 saturated heterocycles. The second kappa shape index (κ2) is 4.57. The number of halogens is 2. The summed E-state index contributed by atoms with van der Waals surface area (Å²) >= 11 is 0. The van der Waals surface area contributed by atoms with E-state index in [9.17, 15) is 8.78 Å². The molecule has 10 heavy (non-hydrogen) atoms. The van der Waals surface area contributed by atoms with Gasteiger partial charge in [-0.3, -0.25) is 0 Å². The molecule has 2 atom stereocenters. The minimum Gasteiger partial charge on any atom is -0.392 e. The summed E-state index contributed by atoms with van der Waals surface area (Å²) in [6, 6.07) is -0.838. The van der Waals surface area contributed by atoms with Gasteiger partial charge in [0.15, 0.2) is 0 Å². The van der Waals surface area contributed by atoms with E-state index in [-0.39, 0.29) is 6.54 Å². The van der Waals surface area contributed by atoms with Crippen molar-refractivity contribution < 1.29 is 13.9 Å². The summed E-state index contributed by atoms with van der Waals surface area (Å²) in [6.45, 7) is 3.14. The molecule has 0 saturated carbocycles. The van der Waals surface area contributed by atoms with E-state index in [1.54, 1.807) is 6.92 Å². The Morgan fingerprint density at radius 3 is 2.20 bits per heavy atom. The van der Waals surface area contributed by atoms with Crippen molar-refractivity contribution in [2.45, 2.75) is 32.4 Å². The van der Waals surface area contributed by atoms with Crippen molar-refractivity contribution in [2.24, 2.45) is 0 Å². The van der Waals surface area contributed by atoms with Crippen LogP contribution in [0.3, 0.4) is 0 Å². The number of hydrogen-bond acceptors (Lipinski definition) is 2. The van der Waals surface area contributed by atoms with Gasteiger partial charge >= 0.3 is 0 Å². The van der Waals surface area contributed by atoms with Crippen LogP contribution in [0.1, 0.15) is 13.8 Å². The van der Waals surface area contributed by atoms with E-state index in [0.29, 0.717) is 0 Å². The molecule has 2 nitrogen and oxygen atoms in total. The second-order valence-corrected chi connectivity index (χ2v) is 2.38. The summed E-state index contributed by atoms with van der Waals surface area (Å²) in [4.78, 5) is 0. The SMILES string of the molecule is CC(O)CNC(C)C(F)F. The van der Waals surface area contributed by atoms with Crippen LogP contribution < -0.4 is 5.32 Å². The van der Waals surface area contributed by atoms with Crippen LogP contribution in [0.25, 0.3) is 0 Å². The molecular weight excluding hydrogens is 140 g/mol. The standard InChI is InChI=1S/C6H13F2NO/c1-4(10)3-9-5(2)6(7)8/h4-6,9-10H,3H2,1-2H3. The minimum atomic E-state index is -2.36. The highest BCUT2D eigenvalue weighted by molar-refractivity contribution is 4.63. The van der Waals surface area contributed by atoms with Crippen LogP contribution in [0.4, 0.5) is 8.78 Å². The average molecular weight is 153 g/mol. The van der Waals surface area contributed by atoms with Gasteiger partial charge in [-0.25, -0.2) is 8.78 Å². The lowest BCUT2D eigenvalue weighted by atomic mass is 10.3. The topological polar surface area (TPSA) is 32.3 Å². The van der Waals surface area contributed by atoms with Gasteiger partial charge < -0.3 is 10.4 Å². The molecule has 4 heteroatoms. The molecule has 0 aromatic rings. The maximum absolute atomic E-state index is 11.7. The fourth-order valence-corrected chi connectivity index (χ4v) is 0.446. The number of rotatable bonds is 4. The third-order valence-electron chi connectivity index (χ3n) is 1.11. The van der Waals surface area contributed by atoms with Crippen LogP contribution in [-0.4, -0.2) is 30.2 Å². The van der Waals surface area contributed by atoms with Crippen LogP contribution in [0.15, 0.2) is 0 Å². The predicted octanol–water partition coefficient (Wildman–Crippen LogP) is 0.610. The summed E-state index contributed by atoms with van der Waals surface area (Å²) in [6.07, 6.45) is -2.93. The van der Waals surface area contributed by atoms with Crippen molar-refractivity contribution in [2.75, 3.05) is 6.54 Å². The van der Waals surface area contributed by atoms with Crippen molar-refractivity contribution in [3.05, 3.63) is 0 Å². The highest BCUT2D eigenvalue weighted by Crippen LogP contribution is 1.98.